The molecular weight excluding hydrogens is 472 g/mol. The maximum atomic E-state index is 11.7. The van der Waals surface area contributed by atoms with E-state index in [1.54, 1.807) is 18.4 Å². The Morgan fingerprint density at radius 2 is 1.67 bits per heavy atom. The molecule has 0 radical (unpaired) electrons. The molecule has 2 aromatic carbocycles. The van der Waals surface area contributed by atoms with Gasteiger partial charge in [0.15, 0.2) is 5.82 Å². The Hall–Kier alpha value is -4.04. The number of aromatic nitrogens is 3. The molecule has 0 spiro atoms. The van der Waals surface area contributed by atoms with Gasteiger partial charge in [0.25, 0.3) is 0 Å². The van der Waals surface area contributed by atoms with Gasteiger partial charge in [0.05, 0.1) is 19.2 Å². The second-order valence-corrected chi connectivity index (χ2v) is 9.93. The third-order valence-corrected chi connectivity index (χ3v) is 7.57. The minimum atomic E-state index is -0.924. The van der Waals surface area contributed by atoms with E-state index in [0.29, 0.717) is 5.82 Å². The molecule has 0 aliphatic carbocycles. The molecule has 1 N–H and O–H groups in total. The number of nitrogens with zero attached hydrogens (tertiary/aromatic N) is 4. The Bertz CT molecular complexity index is 1500. The van der Waals surface area contributed by atoms with Crippen molar-refractivity contribution in [2.75, 3.05) is 7.11 Å². The summed E-state index contributed by atoms with van der Waals surface area (Å²) < 4.78 is 7.19. The molecule has 8 heteroatoms. The normalized spacial score (nSPS) is 14.8. The van der Waals surface area contributed by atoms with Crippen LogP contribution in [0.2, 0.25) is 0 Å². The maximum absolute atomic E-state index is 11.7. The number of thiophene rings is 1. The molecule has 0 amide bonds. The quantitative estimate of drug-likeness (QED) is 0.339. The van der Waals surface area contributed by atoms with Crippen LogP contribution >= 0.6 is 11.3 Å². The highest BCUT2D eigenvalue weighted by molar-refractivity contribution is 7.15. The Kier molecular flexibility index (Phi) is 6.28. The van der Waals surface area contributed by atoms with Crippen molar-refractivity contribution < 1.29 is 14.6 Å². The van der Waals surface area contributed by atoms with Gasteiger partial charge in [0, 0.05) is 16.0 Å². The first-order chi connectivity index (χ1) is 17.4. The number of hydrogen-bond acceptors (Lipinski definition) is 6. The van der Waals surface area contributed by atoms with Gasteiger partial charge in [-0.3, -0.25) is 14.4 Å². The zero-order valence-corrected chi connectivity index (χ0v) is 21.3. The zero-order valence-electron chi connectivity index (χ0n) is 20.5. The number of methoxy groups -OCH3 is 1. The van der Waals surface area contributed by atoms with Crippen LogP contribution in [0.25, 0.3) is 17.2 Å². The van der Waals surface area contributed by atoms with Crippen molar-refractivity contribution in [3.63, 3.8) is 0 Å². The van der Waals surface area contributed by atoms with Gasteiger partial charge in [-0.15, -0.1) is 21.5 Å². The molecule has 4 aromatic rings. The highest BCUT2D eigenvalue weighted by Crippen LogP contribution is 2.39. The summed E-state index contributed by atoms with van der Waals surface area (Å²) >= 11 is 1.66. The largest absolute Gasteiger partial charge is 0.497 e. The number of hydrogen-bond donors (Lipinski definition) is 1. The van der Waals surface area contributed by atoms with Gasteiger partial charge in [-0.1, -0.05) is 48.6 Å². The lowest BCUT2D eigenvalue weighted by molar-refractivity contribution is -0.137. The van der Waals surface area contributed by atoms with E-state index < -0.39 is 12.0 Å². The van der Waals surface area contributed by atoms with Crippen LogP contribution in [-0.2, 0) is 4.79 Å². The summed E-state index contributed by atoms with van der Waals surface area (Å²) in [6.45, 7) is 6.06. The van der Waals surface area contributed by atoms with E-state index in [4.69, 9.17) is 9.73 Å². The molecule has 1 aliphatic heterocycles. The molecule has 5 rings (SSSR count). The van der Waals surface area contributed by atoms with Crippen molar-refractivity contribution in [3.05, 3.63) is 92.9 Å². The van der Waals surface area contributed by atoms with E-state index in [1.165, 1.54) is 4.88 Å². The number of carbonyl (C=O) groups is 1. The molecule has 1 atom stereocenters. The second-order valence-electron chi connectivity index (χ2n) is 8.72. The van der Waals surface area contributed by atoms with Crippen LogP contribution < -0.4 is 4.74 Å². The van der Waals surface area contributed by atoms with Gasteiger partial charge in [-0.2, -0.15) is 0 Å². The van der Waals surface area contributed by atoms with Gasteiger partial charge in [-0.25, -0.2) is 0 Å². The standard InChI is InChI=1S/C28H26N4O3S/c1-16-17(2)36-28-25(16)26(29-23(15-24(33)34)27-31-30-18(3)32(27)28)21-11-7-19(8-12-21)5-6-20-9-13-22(35-4)14-10-20/h5-14,23H,15H2,1-4H3,(H,33,34)/b6-5+/t23-/m0/s1. The molecule has 0 bridgehead atoms. The molecule has 2 aromatic heterocycles. The van der Waals surface area contributed by atoms with Crippen molar-refractivity contribution in [2.24, 2.45) is 4.99 Å². The predicted molar refractivity (Wildman–Crippen MR) is 142 cm³/mol. The van der Waals surface area contributed by atoms with Gasteiger partial charge in [-0.05, 0) is 49.6 Å². The predicted octanol–water partition coefficient (Wildman–Crippen LogP) is 5.80. The van der Waals surface area contributed by atoms with Gasteiger partial charge in [0.2, 0.25) is 0 Å². The van der Waals surface area contributed by atoms with Crippen molar-refractivity contribution in [3.8, 4) is 10.8 Å². The number of benzene rings is 2. The molecule has 182 valence electrons. The van der Waals surface area contributed by atoms with E-state index in [0.717, 1.165) is 50.1 Å². The Morgan fingerprint density at radius 1 is 1.03 bits per heavy atom. The Labute approximate surface area is 213 Å². The monoisotopic (exact) mass is 498 g/mol. The lowest BCUT2D eigenvalue weighted by Crippen LogP contribution is -2.10. The zero-order chi connectivity index (χ0) is 25.4. The highest BCUT2D eigenvalue weighted by atomic mass is 32.1. The van der Waals surface area contributed by atoms with Crippen molar-refractivity contribution >= 4 is 35.2 Å². The van der Waals surface area contributed by atoms with E-state index in [2.05, 4.69) is 48.3 Å². The first kappa shape index (κ1) is 23.7. The van der Waals surface area contributed by atoms with Crippen LogP contribution in [0.1, 0.15) is 56.8 Å². The summed E-state index contributed by atoms with van der Waals surface area (Å²) in [6.07, 6.45) is 3.96. The number of carboxylic acids is 1. The van der Waals surface area contributed by atoms with E-state index >= 15 is 0 Å². The summed E-state index contributed by atoms with van der Waals surface area (Å²) in [5, 5.41) is 19.1. The number of fused-ring (bicyclic) bond motifs is 3. The maximum Gasteiger partial charge on any atom is 0.306 e. The lowest BCUT2D eigenvalue weighted by Gasteiger charge is -2.11. The highest BCUT2D eigenvalue weighted by Gasteiger charge is 2.32. The molecule has 0 fully saturated rings. The SMILES string of the molecule is COc1ccc(/C=C/c2ccc(C3=N[C@@H](CC(=O)O)c4nnc(C)n4-c4sc(C)c(C)c43)cc2)cc1. The fraction of sp³-hybridized carbons (Fsp3) is 0.214. The lowest BCUT2D eigenvalue weighted by atomic mass is 9.98. The van der Waals surface area contributed by atoms with Crippen molar-refractivity contribution in [1.29, 1.82) is 0 Å². The van der Waals surface area contributed by atoms with Crippen LogP contribution in [0.15, 0.2) is 53.5 Å². The Morgan fingerprint density at radius 3 is 2.28 bits per heavy atom. The fourth-order valence-electron chi connectivity index (χ4n) is 4.35. The molecule has 0 saturated carbocycles. The molecule has 0 unspecified atom stereocenters. The molecule has 1 aliphatic rings. The second kappa shape index (κ2) is 9.54. The number of aliphatic imine (C=N–C) groups is 1. The molecular formula is C28H26N4O3S. The average molecular weight is 499 g/mol. The summed E-state index contributed by atoms with van der Waals surface area (Å²) in [6, 6.07) is 15.4. The summed E-state index contributed by atoms with van der Waals surface area (Å²) in [7, 11) is 1.66. The number of aryl methyl sites for hydroxylation is 2. The van der Waals surface area contributed by atoms with Crippen LogP contribution in [-0.4, -0.2) is 38.7 Å². The minimum Gasteiger partial charge on any atom is -0.497 e. The third kappa shape index (κ3) is 4.35. The van der Waals surface area contributed by atoms with Crippen LogP contribution in [0, 0.1) is 20.8 Å². The number of carboxylic acid groups (broad SMARTS) is 1. The summed E-state index contributed by atoms with van der Waals surface area (Å²) in [5.74, 6) is 1.19. The summed E-state index contributed by atoms with van der Waals surface area (Å²) in [5.41, 5.74) is 6.00. The van der Waals surface area contributed by atoms with Gasteiger partial charge < -0.3 is 9.84 Å². The topological polar surface area (TPSA) is 89.6 Å². The van der Waals surface area contributed by atoms with E-state index in [-0.39, 0.29) is 6.42 Å². The molecule has 0 saturated heterocycles. The van der Waals surface area contributed by atoms with Gasteiger partial charge in [0.1, 0.15) is 22.6 Å². The van der Waals surface area contributed by atoms with Crippen molar-refractivity contribution in [2.45, 2.75) is 33.2 Å². The fourth-order valence-corrected chi connectivity index (χ4v) is 5.56. The number of aliphatic carboxylic acids is 1. The minimum absolute atomic E-state index is 0.155. The van der Waals surface area contributed by atoms with Crippen LogP contribution in [0.5, 0.6) is 5.75 Å². The summed E-state index contributed by atoms with van der Waals surface area (Å²) in [4.78, 5) is 17.9. The Balaban J connectivity index is 1.55. The smallest absolute Gasteiger partial charge is 0.306 e. The van der Waals surface area contributed by atoms with E-state index in [1.807, 2.05) is 47.9 Å². The average Bonchev–Trinajstić information content (AvgIpc) is 3.35. The first-order valence-electron chi connectivity index (χ1n) is 11.6. The number of rotatable bonds is 6. The third-order valence-electron chi connectivity index (χ3n) is 6.38. The van der Waals surface area contributed by atoms with Crippen LogP contribution in [0.3, 0.4) is 0 Å². The van der Waals surface area contributed by atoms with E-state index in [9.17, 15) is 9.90 Å². The number of ether oxygens (including phenoxy) is 1. The van der Waals surface area contributed by atoms with Gasteiger partial charge >= 0.3 is 5.97 Å². The van der Waals surface area contributed by atoms with Crippen molar-refractivity contribution in [1.82, 2.24) is 14.8 Å². The molecule has 7 nitrogen and oxygen atoms in total. The molecule has 36 heavy (non-hydrogen) atoms. The molecule has 3 heterocycles. The first-order valence-corrected chi connectivity index (χ1v) is 12.4. The van der Waals surface area contributed by atoms with Crippen LogP contribution in [0.4, 0.5) is 0 Å².